The second-order valence-corrected chi connectivity index (χ2v) is 10.2. The number of amides is 1. The molecule has 0 spiro atoms. The molecular weight excluding hydrogens is 460 g/mol. The standard InChI is InChI=1S/C23H30N4O6S/c1-17-5-8-20(9-6-17)34(31,32)24-15-18-4-3-12-26(16-18)13-11-23(28)25-21-10-7-19(33-2)14-22(21)27(29)30/h5-10,14,18,24H,3-4,11-13,15-16H2,1-2H3,(H,25,28). The molecule has 3 rings (SSSR count). The molecule has 184 valence electrons. The maximum absolute atomic E-state index is 12.5. The molecule has 1 amide bonds. The molecular formula is C23H30N4O6S. The van der Waals surface area contributed by atoms with Crippen molar-refractivity contribution in [2.45, 2.75) is 31.1 Å². The van der Waals surface area contributed by atoms with Crippen molar-refractivity contribution in [1.29, 1.82) is 0 Å². The van der Waals surface area contributed by atoms with Gasteiger partial charge in [-0.3, -0.25) is 14.9 Å². The number of hydrogen-bond acceptors (Lipinski definition) is 7. The smallest absolute Gasteiger partial charge is 0.296 e. The molecule has 34 heavy (non-hydrogen) atoms. The van der Waals surface area contributed by atoms with Crippen LogP contribution in [0.25, 0.3) is 0 Å². The number of carbonyl (C=O) groups is 1. The van der Waals surface area contributed by atoms with Crippen LogP contribution in [0.3, 0.4) is 0 Å². The minimum atomic E-state index is -3.57. The summed E-state index contributed by atoms with van der Waals surface area (Å²) in [5.74, 6) is 0.150. The summed E-state index contributed by atoms with van der Waals surface area (Å²) in [6.07, 6.45) is 1.98. The van der Waals surface area contributed by atoms with E-state index >= 15 is 0 Å². The molecule has 2 aromatic rings. The third kappa shape index (κ3) is 6.99. The molecule has 0 bridgehead atoms. The van der Waals surface area contributed by atoms with Crippen molar-refractivity contribution >= 4 is 27.3 Å². The Hall–Kier alpha value is -3.02. The lowest BCUT2D eigenvalue weighted by atomic mass is 9.98. The first kappa shape index (κ1) is 25.6. The summed E-state index contributed by atoms with van der Waals surface area (Å²) in [5.41, 5.74) is 0.886. The normalized spacial score (nSPS) is 16.7. The minimum Gasteiger partial charge on any atom is -0.496 e. The molecule has 1 heterocycles. The Bertz CT molecular complexity index is 1120. The van der Waals surface area contributed by atoms with Crippen molar-refractivity contribution in [3.63, 3.8) is 0 Å². The predicted molar refractivity (Wildman–Crippen MR) is 128 cm³/mol. The summed E-state index contributed by atoms with van der Waals surface area (Å²) >= 11 is 0. The molecule has 0 radical (unpaired) electrons. The van der Waals surface area contributed by atoms with Crippen LogP contribution in [0.5, 0.6) is 5.75 Å². The molecule has 1 aliphatic heterocycles. The first-order valence-corrected chi connectivity index (χ1v) is 12.6. The summed E-state index contributed by atoms with van der Waals surface area (Å²) in [7, 11) is -2.15. The third-order valence-electron chi connectivity index (χ3n) is 5.83. The maximum Gasteiger partial charge on any atom is 0.296 e. The number of ether oxygens (including phenoxy) is 1. The fourth-order valence-electron chi connectivity index (χ4n) is 3.92. The first-order chi connectivity index (χ1) is 16.2. The second kappa shape index (κ2) is 11.4. The van der Waals surface area contributed by atoms with E-state index in [0.717, 1.165) is 24.9 Å². The van der Waals surface area contributed by atoms with Crippen LogP contribution in [0.2, 0.25) is 0 Å². The molecule has 11 heteroatoms. The van der Waals surface area contributed by atoms with Gasteiger partial charge in [-0.05, 0) is 56.5 Å². The fraction of sp³-hybridized carbons (Fsp3) is 0.435. The number of nitrogens with zero attached hydrogens (tertiary/aromatic N) is 2. The molecule has 10 nitrogen and oxygen atoms in total. The van der Waals surface area contributed by atoms with Crippen LogP contribution < -0.4 is 14.8 Å². The monoisotopic (exact) mass is 490 g/mol. The van der Waals surface area contributed by atoms with E-state index in [1.54, 1.807) is 30.3 Å². The Labute approximate surface area is 199 Å². The van der Waals surface area contributed by atoms with Crippen molar-refractivity contribution in [1.82, 2.24) is 9.62 Å². The number of rotatable bonds is 10. The highest BCUT2D eigenvalue weighted by Gasteiger charge is 2.23. The molecule has 1 aliphatic rings. The molecule has 0 aliphatic carbocycles. The lowest BCUT2D eigenvalue weighted by Gasteiger charge is -2.32. The Morgan fingerprint density at radius 1 is 1.24 bits per heavy atom. The quantitative estimate of drug-likeness (QED) is 0.387. The number of anilines is 1. The van der Waals surface area contributed by atoms with Crippen LogP contribution in [0.15, 0.2) is 47.4 Å². The fourth-order valence-corrected chi connectivity index (χ4v) is 5.03. The number of carbonyl (C=O) groups excluding carboxylic acids is 1. The number of nitro groups is 1. The van der Waals surface area contributed by atoms with Crippen LogP contribution >= 0.6 is 0 Å². The molecule has 1 atom stereocenters. The maximum atomic E-state index is 12.5. The van der Waals surface area contributed by atoms with E-state index in [1.165, 1.54) is 19.2 Å². The Balaban J connectivity index is 1.49. The molecule has 2 N–H and O–H groups in total. The van der Waals surface area contributed by atoms with Crippen molar-refractivity contribution in [2.24, 2.45) is 5.92 Å². The van der Waals surface area contributed by atoms with Crippen molar-refractivity contribution in [3.05, 3.63) is 58.1 Å². The zero-order valence-electron chi connectivity index (χ0n) is 19.3. The Morgan fingerprint density at radius 3 is 2.65 bits per heavy atom. The van der Waals surface area contributed by atoms with Gasteiger partial charge in [0.25, 0.3) is 5.69 Å². The number of benzene rings is 2. The van der Waals surface area contributed by atoms with Gasteiger partial charge in [0.2, 0.25) is 15.9 Å². The summed E-state index contributed by atoms with van der Waals surface area (Å²) in [5, 5.41) is 13.9. The van der Waals surface area contributed by atoms with Gasteiger partial charge in [-0.2, -0.15) is 0 Å². The van der Waals surface area contributed by atoms with E-state index in [9.17, 15) is 23.3 Å². The van der Waals surface area contributed by atoms with Gasteiger partial charge in [-0.1, -0.05) is 17.7 Å². The van der Waals surface area contributed by atoms with Gasteiger partial charge in [-0.25, -0.2) is 13.1 Å². The van der Waals surface area contributed by atoms with Gasteiger partial charge < -0.3 is 15.0 Å². The van der Waals surface area contributed by atoms with Crippen LogP contribution in [-0.2, 0) is 14.8 Å². The average molecular weight is 491 g/mol. The van der Waals surface area contributed by atoms with E-state index in [4.69, 9.17) is 4.74 Å². The molecule has 2 aromatic carbocycles. The van der Waals surface area contributed by atoms with Gasteiger partial charge in [0.05, 0.1) is 23.0 Å². The number of methoxy groups -OCH3 is 1. The topological polar surface area (TPSA) is 131 Å². The first-order valence-electron chi connectivity index (χ1n) is 11.1. The molecule has 1 saturated heterocycles. The van der Waals surface area contributed by atoms with E-state index in [-0.39, 0.29) is 34.5 Å². The summed E-state index contributed by atoms with van der Waals surface area (Å²) in [6, 6.07) is 11.0. The summed E-state index contributed by atoms with van der Waals surface area (Å²) < 4.78 is 32.8. The lowest BCUT2D eigenvalue weighted by Crippen LogP contribution is -2.41. The summed E-state index contributed by atoms with van der Waals surface area (Å²) in [4.78, 5) is 25.5. The number of sulfonamides is 1. The highest BCUT2D eigenvalue weighted by molar-refractivity contribution is 7.89. The summed E-state index contributed by atoms with van der Waals surface area (Å²) in [6.45, 7) is 4.20. The highest BCUT2D eigenvalue weighted by atomic mass is 32.2. The predicted octanol–water partition coefficient (Wildman–Crippen LogP) is 2.93. The minimum absolute atomic E-state index is 0.123. The van der Waals surface area contributed by atoms with Crippen LogP contribution in [0.1, 0.15) is 24.8 Å². The lowest BCUT2D eigenvalue weighted by molar-refractivity contribution is -0.384. The van der Waals surface area contributed by atoms with Gasteiger partial charge in [0.1, 0.15) is 11.4 Å². The van der Waals surface area contributed by atoms with E-state index in [2.05, 4.69) is 14.9 Å². The van der Waals surface area contributed by atoms with Gasteiger partial charge >= 0.3 is 0 Å². The van der Waals surface area contributed by atoms with Crippen molar-refractivity contribution in [3.8, 4) is 5.75 Å². The Kier molecular flexibility index (Phi) is 8.59. The highest BCUT2D eigenvalue weighted by Crippen LogP contribution is 2.29. The SMILES string of the molecule is COc1ccc(NC(=O)CCN2CCCC(CNS(=O)(=O)c3ccc(C)cc3)C2)c([N+](=O)[O-])c1. The third-order valence-corrected chi connectivity index (χ3v) is 7.27. The van der Waals surface area contributed by atoms with Crippen LogP contribution in [0, 0.1) is 23.0 Å². The van der Waals surface area contributed by atoms with Crippen LogP contribution in [-0.4, -0.2) is 57.4 Å². The zero-order valence-corrected chi connectivity index (χ0v) is 20.1. The molecule has 1 fully saturated rings. The largest absolute Gasteiger partial charge is 0.496 e. The number of likely N-dealkylation sites (tertiary alicyclic amines) is 1. The van der Waals surface area contributed by atoms with E-state index in [0.29, 0.717) is 25.4 Å². The Morgan fingerprint density at radius 2 is 1.97 bits per heavy atom. The van der Waals surface area contributed by atoms with E-state index in [1.807, 2.05) is 6.92 Å². The van der Waals surface area contributed by atoms with Crippen molar-refractivity contribution in [2.75, 3.05) is 38.6 Å². The number of piperidine rings is 1. The van der Waals surface area contributed by atoms with Gasteiger partial charge in [0.15, 0.2) is 0 Å². The zero-order chi connectivity index (χ0) is 24.7. The van der Waals surface area contributed by atoms with E-state index < -0.39 is 14.9 Å². The number of nitrogens with one attached hydrogen (secondary N) is 2. The molecule has 1 unspecified atom stereocenters. The van der Waals surface area contributed by atoms with Crippen molar-refractivity contribution < 1.29 is 22.9 Å². The van der Waals surface area contributed by atoms with Gasteiger partial charge in [0, 0.05) is 26.1 Å². The molecule has 0 aromatic heterocycles. The number of nitro benzene ring substituents is 1. The second-order valence-electron chi connectivity index (χ2n) is 8.41. The number of hydrogen-bond donors (Lipinski definition) is 2. The molecule has 0 saturated carbocycles. The van der Waals surface area contributed by atoms with Gasteiger partial charge in [-0.15, -0.1) is 0 Å². The van der Waals surface area contributed by atoms with Crippen LogP contribution in [0.4, 0.5) is 11.4 Å². The number of aryl methyl sites for hydroxylation is 1. The average Bonchev–Trinajstić information content (AvgIpc) is 2.82.